The second-order valence-electron chi connectivity index (χ2n) is 3.71. The van der Waals surface area contributed by atoms with Crippen molar-refractivity contribution in [2.45, 2.75) is 6.54 Å². The van der Waals surface area contributed by atoms with E-state index in [0.29, 0.717) is 12.2 Å². The summed E-state index contributed by atoms with van der Waals surface area (Å²) in [5, 5.41) is 11.8. The molecule has 0 radical (unpaired) electrons. The van der Waals surface area contributed by atoms with Crippen molar-refractivity contribution in [2.75, 3.05) is 5.32 Å². The molecule has 2 rings (SSSR count). The zero-order valence-corrected chi connectivity index (χ0v) is 9.43. The normalized spacial score (nSPS) is 10.1. The molecule has 92 valence electrons. The molecule has 18 heavy (non-hydrogen) atoms. The quantitative estimate of drug-likeness (QED) is 0.870. The van der Waals surface area contributed by atoms with Crippen LogP contribution in [0.5, 0.6) is 0 Å². The maximum atomic E-state index is 13.2. The van der Waals surface area contributed by atoms with Gasteiger partial charge in [-0.25, -0.2) is 9.18 Å². The zero-order chi connectivity index (χ0) is 13.0. The van der Waals surface area contributed by atoms with Crippen LogP contribution in [0.15, 0.2) is 42.7 Å². The Balaban J connectivity index is 2.11. The van der Waals surface area contributed by atoms with Crippen LogP contribution in [0.1, 0.15) is 15.9 Å². The number of rotatable bonds is 4. The molecule has 0 saturated carbocycles. The molecule has 0 bridgehead atoms. The molecule has 0 fully saturated rings. The van der Waals surface area contributed by atoms with Crippen LogP contribution < -0.4 is 5.32 Å². The molecule has 1 heterocycles. The van der Waals surface area contributed by atoms with Crippen LogP contribution in [0.2, 0.25) is 0 Å². The van der Waals surface area contributed by atoms with E-state index in [-0.39, 0.29) is 5.56 Å². The predicted molar refractivity (Wildman–Crippen MR) is 64.9 cm³/mol. The molecule has 0 saturated heterocycles. The summed E-state index contributed by atoms with van der Waals surface area (Å²) in [7, 11) is 0. The number of hydrogen-bond donors (Lipinski definition) is 2. The van der Waals surface area contributed by atoms with Crippen LogP contribution in [0.25, 0.3) is 0 Å². The Labute approximate surface area is 103 Å². The van der Waals surface area contributed by atoms with Crippen LogP contribution in [0.3, 0.4) is 0 Å². The van der Waals surface area contributed by atoms with Gasteiger partial charge in [0.2, 0.25) is 0 Å². The van der Waals surface area contributed by atoms with Gasteiger partial charge in [0.25, 0.3) is 0 Å². The minimum absolute atomic E-state index is 0.341. The Hall–Kier alpha value is -2.43. The first-order chi connectivity index (χ1) is 8.66. The van der Waals surface area contributed by atoms with Crippen LogP contribution in [-0.4, -0.2) is 16.1 Å². The van der Waals surface area contributed by atoms with Crippen LogP contribution in [0, 0.1) is 5.82 Å². The molecule has 5 heteroatoms. The number of carboxylic acids is 1. The number of halogens is 1. The Morgan fingerprint density at radius 3 is 2.89 bits per heavy atom. The number of carbonyl (C=O) groups is 1. The maximum Gasteiger partial charge on any atom is 0.338 e. The number of carboxylic acid groups (broad SMARTS) is 1. The molecule has 1 aromatic carbocycles. The predicted octanol–water partition coefficient (Wildman–Crippen LogP) is 2.53. The Kier molecular flexibility index (Phi) is 3.52. The van der Waals surface area contributed by atoms with E-state index < -0.39 is 11.8 Å². The van der Waals surface area contributed by atoms with Gasteiger partial charge >= 0.3 is 5.97 Å². The molecule has 0 spiro atoms. The minimum atomic E-state index is -1.28. The average Bonchev–Trinajstić information content (AvgIpc) is 2.38. The van der Waals surface area contributed by atoms with E-state index in [9.17, 15) is 9.18 Å². The third-order valence-corrected chi connectivity index (χ3v) is 2.42. The second kappa shape index (κ2) is 5.27. The molecule has 4 nitrogen and oxygen atoms in total. The molecule has 0 aliphatic heterocycles. The molecular weight excluding hydrogens is 235 g/mol. The van der Waals surface area contributed by atoms with Crippen molar-refractivity contribution in [1.82, 2.24) is 4.98 Å². The van der Waals surface area contributed by atoms with E-state index in [2.05, 4.69) is 10.3 Å². The molecule has 1 aromatic heterocycles. The van der Waals surface area contributed by atoms with E-state index in [1.165, 1.54) is 12.1 Å². The minimum Gasteiger partial charge on any atom is -0.478 e. The summed E-state index contributed by atoms with van der Waals surface area (Å²) in [5.41, 5.74) is 1.17. The smallest absolute Gasteiger partial charge is 0.338 e. The number of benzene rings is 1. The summed E-state index contributed by atoms with van der Waals surface area (Å²) in [5.74, 6) is -2.02. The van der Waals surface area contributed by atoms with Gasteiger partial charge in [-0.05, 0) is 29.8 Å². The summed E-state index contributed by atoms with van der Waals surface area (Å²) in [6.07, 6.45) is 3.37. The van der Waals surface area contributed by atoms with Gasteiger partial charge < -0.3 is 10.4 Å². The van der Waals surface area contributed by atoms with Crippen molar-refractivity contribution in [1.29, 1.82) is 0 Å². The van der Waals surface area contributed by atoms with Crippen molar-refractivity contribution in [3.05, 3.63) is 59.7 Å². The second-order valence-corrected chi connectivity index (χ2v) is 3.71. The highest BCUT2D eigenvalue weighted by Gasteiger charge is 2.10. The van der Waals surface area contributed by atoms with Gasteiger partial charge in [0.05, 0.1) is 5.56 Å². The van der Waals surface area contributed by atoms with Gasteiger partial charge in [0.1, 0.15) is 5.82 Å². The Bertz CT molecular complexity index is 558. The lowest BCUT2D eigenvalue weighted by atomic mass is 10.2. The number of nitrogens with one attached hydrogen (secondary N) is 1. The van der Waals surface area contributed by atoms with Crippen LogP contribution in [0.4, 0.5) is 10.1 Å². The van der Waals surface area contributed by atoms with Crippen molar-refractivity contribution in [3.63, 3.8) is 0 Å². The standard InChI is InChI=1S/C13H11FN2O2/c14-12-4-3-10(6-11(12)13(17)18)16-8-9-2-1-5-15-7-9/h1-7,16H,8H2,(H,17,18). The Morgan fingerprint density at radius 2 is 2.22 bits per heavy atom. The lowest BCUT2D eigenvalue weighted by Crippen LogP contribution is -2.04. The van der Waals surface area contributed by atoms with Gasteiger partial charge in [0.15, 0.2) is 0 Å². The summed E-state index contributed by atoms with van der Waals surface area (Å²) in [6, 6.07) is 7.60. The number of anilines is 1. The van der Waals surface area contributed by atoms with Crippen LogP contribution >= 0.6 is 0 Å². The SMILES string of the molecule is O=C(O)c1cc(NCc2cccnc2)ccc1F. The molecule has 0 aliphatic rings. The number of hydrogen-bond acceptors (Lipinski definition) is 3. The number of aromatic carboxylic acids is 1. The van der Waals surface area contributed by atoms with E-state index in [4.69, 9.17) is 5.11 Å². The number of aromatic nitrogens is 1. The topological polar surface area (TPSA) is 62.2 Å². The highest BCUT2D eigenvalue weighted by molar-refractivity contribution is 5.89. The van der Waals surface area contributed by atoms with Gasteiger partial charge in [-0.3, -0.25) is 4.98 Å². The third-order valence-electron chi connectivity index (χ3n) is 2.42. The van der Waals surface area contributed by atoms with Crippen molar-refractivity contribution in [2.24, 2.45) is 0 Å². The van der Waals surface area contributed by atoms with E-state index in [1.807, 2.05) is 12.1 Å². The molecule has 0 atom stereocenters. The van der Waals surface area contributed by atoms with Gasteiger partial charge in [-0.15, -0.1) is 0 Å². The summed E-state index contributed by atoms with van der Waals surface area (Å²) in [6.45, 7) is 0.499. The molecule has 2 N–H and O–H groups in total. The molecule has 0 unspecified atom stereocenters. The molecule has 0 aliphatic carbocycles. The van der Waals surface area contributed by atoms with E-state index in [0.717, 1.165) is 11.6 Å². The van der Waals surface area contributed by atoms with E-state index >= 15 is 0 Å². The number of pyridine rings is 1. The monoisotopic (exact) mass is 246 g/mol. The van der Waals surface area contributed by atoms with Crippen molar-refractivity contribution >= 4 is 11.7 Å². The summed E-state index contributed by atoms with van der Waals surface area (Å²) < 4.78 is 13.2. The summed E-state index contributed by atoms with van der Waals surface area (Å²) in [4.78, 5) is 14.7. The first-order valence-electron chi connectivity index (χ1n) is 5.32. The zero-order valence-electron chi connectivity index (χ0n) is 9.43. The lowest BCUT2D eigenvalue weighted by molar-refractivity contribution is 0.0692. The largest absolute Gasteiger partial charge is 0.478 e. The highest BCUT2D eigenvalue weighted by Crippen LogP contribution is 2.15. The van der Waals surface area contributed by atoms with Crippen molar-refractivity contribution in [3.8, 4) is 0 Å². The summed E-state index contributed by atoms with van der Waals surface area (Å²) >= 11 is 0. The van der Waals surface area contributed by atoms with Gasteiger partial charge in [-0.2, -0.15) is 0 Å². The average molecular weight is 246 g/mol. The van der Waals surface area contributed by atoms with Gasteiger partial charge in [-0.1, -0.05) is 6.07 Å². The lowest BCUT2D eigenvalue weighted by Gasteiger charge is -2.07. The maximum absolute atomic E-state index is 13.2. The first kappa shape index (κ1) is 12.0. The van der Waals surface area contributed by atoms with Crippen LogP contribution in [-0.2, 0) is 6.54 Å². The fourth-order valence-electron chi connectivity index (χ4n) is 1.51. The molecular formula is C13H11FN2O2. The van der Waals surface area contributed by atoms with E-state index in [1.54, 1.807) is 12.4 Å². The highest BCUT2D eigenvalue weighted by atomic mass is 19.1. The molecule has 0 amide bonds. The van der Waals surface area contributed by atoms with Gasteiger partial charge in [0, 0.05) is 24.6 Å². The number of nitrogens with zero attached hydrogens (tertiary/aromatic N) is 1. The Morgan fingerprint density at radius 1 is 1.39 bits per heavy atom. The molecule has 2 aromatic rings. The fourth-order valence-corrected chi connectivity index (χ4v) is 1.51. The third kappa shape index (κ3) is 2.82. The van der Waals surface area contributed by atoms with Crippen molar-refractivity contribution < 1.29 is 14.3 Å². The first-order valence-corrected chi connectivity index (χ1v) is 5.32. The fraction of sp³-hybridized carbons (Fsp3) is 0.0769.